The summed E-state index contributed by atoms with van der Waals surface area (Å²) < 4.78 is 6.87. The molecule has 4 rings (SSSR count). The van der Waals surface area contributed by atoms with Gasteiger partial charge in [0.1, 0.15) is 0 Å². The summed E-state index contributed by atoms with van der Waals surface area (Å²) in [7, 11) is 1.30. The van der Waals surface area contributed by atoms with Crippen molar-refractivity contribution in [1.29, 1.82) is 0 Å². The molecule has 0 aliphatic carbocycles. The van der Waals surface area contributed by atoms with Gasteiger partial charge in [-0.05, 0) is 36.3 Å². The van der Waals surface area contributed by atoms with Crippen molar-refractivity contribution in [2.24, 2.45) is 4.99 Å². The van der Waals surface area contributed by atoms with Gasteiger partial charge in [0.25, 0.3) is 11.2 Å². The van der Waals surface area contributed by atoms with Crippen LogP contribution in [-0.2, 0) is 9.53 Å². The lowest BCUT2D eigenvalue weighted by molar-refractivity contribution is -0.384. The topological polar surface area (TPSA) is 104 Å². The van der Waals surface area contributed by atoms with Crippen LogP contribution in [0, 0.1) is 10.1 Å². The molecule has 8 nitrogen and oxygen atoms in total. The molecule has 0 bridgehead atoms. The van der Waals surface area contributed by atoms with Crippen LogP contribution in [0.1, 0.15) is 24.1 Å². The minimum Gasteiger partial charge on any atom is -0.466 e. The number of ether oxygens (including phenoxy) is 1. The number of rotatable bonds is 4. The van der Waals surface area contributed by atoms with Gasteiger partial charge in [0, 0.05) is 12.1 Å². The van der Waals surface area contributed by atoms with E-state index in [1.807, 2.05) is 30.3 Å². The van der Waals surface area contributed by atoms with E-state index in [2.05, 4.69) is 4.99 Å². The first-order valence-electron chi connectivity index (χ1n) is 9.31. The third-order valence-corrected chi connectivity index (χ3v) is 5.93. The third kappa shape index (κ3) is 3.71. The monoisotopic (exact) mass is 435 g/mol. The Bertz CT molecular complexity index is 1390. The average Bonchev–Trinajstić information content (AvgIpc) is 3.07. The smallest absolute Gasteiger partial charge is 0.338 e. The minimum atomic E-state index is -0.663. The van der Waals surface area contributed by atoms with Gasteiger partial charge in [-0.15, -0.1) is 0 Å². The highest BCUT2D eigenvalue weighted by Crippen LogP contribution is 2.30. The lowest BCUT2D eigenvalue weighted by Gasteiger charge is -2.24. The molecule has 0 saturated carbocycles. The second-order valence-corrected chi connectivity index (χ2v) is 7.84. The van der Waals surface area contributed by atoms with E-state index in [1.165, 1.54) is 35.1 Å². The zero-order valence-corrected chi connectivity index (χ0v) is 17.5. The molecule has 2 heterocycles. The summed E-state index contributed by atoms with van der Waals surface area (Å²) in [6.45, 7) is 1.72. The number of benzene rings is 2. The molecule has 0 fully saturated rings. The second kappa shape index (κ2) is 8.11. The van der Waals surface area contributed by atoms with Gasteiger partial charge in [0.05, 0.1) is 33.9 Å². The molecule has 31 heavy (non-hydrogen) atoms. The summed E-state index contributed by atoms with van der Waals surface area (Å²) in [5.74, 6) is -0.542. The van der Waals surface area contributed by atoms with Crippen molar-refractivity contribution in [3.63, 3.8) is 0 Å². The van der Waals surface area contributed by atoms with Crippen molar-refractivity contribution in [3.8, 4) is 0 Å². The summed E-state index contributed by atoms with van der Waals surface area (Å²) in [5, 5.41) is 10.9. The maximum Gasteiger partial charge on any atom is 0.338 e. The number of non-ortho nitro benzene ring substituents is 1. The van der Waals surface area contributed by atoms with Crippen LogP contribution in [0.2, 0.25) is 0 Å². The van der Waals surface area contributed by atoms with Crippen LogP contribution < -0.4 is 14.9 Å². The van der Waals surface area contributed by atoms with Gasteiger partial charge < -0.3 is 4.74 Å². The number of nitrogens with zero attached hydrogens (tertiary/aromatic N) is 3. The lowest BCUT2D eigenvalue weighted by atomic mass is 9.96. The fourth-order valence-electron chi connectivity index (χ4n) is 3.49. The number of carbonyl (C=O) groups is 1. The van der Waals surface area contributed by atoms with Crippen LogP contribution in [-0.4, -0.2) is 22.6 Å². The molecule has 3 aromatic rings. The molecule has 0 saturated heterocycles. The Hall–Kier alpha value is -3.85. The van der Waals surface area contributed by atoms with Crippen molar-refractivity contribution in [1.82, 2.24) is 4.57 Å². The number of thiazole rings is 1. The maximum absolute atomic E-state index is 13.3. The van der Waals surface area contributed by atoms with Gasteiger partial charge in [-0.25, -0.2) is 9.79 Å². The number of methoxy groups -OCH3 is 1. The second-order valence-electron chi connectivity index (χ2n) is 6.83. The highest BCUT2D eigenvalue weighted by Gasteiger charge is 2.32. The fourth-order valence-corrected chi connectivity index (χ4v) is 4.53. The van der Waals surface area contributed by atoms with Gasteiger partial charge in [-0.1, -0.05) is 41.7 Å². The third-order valence-electron chi connectivity index (χ3n) is 4.94. The molecular weight excluding hydrogens is 418 g/mol. The van der Waals surface area contributed by atoms with Crippen LogP contribution >= 0.6 is 11.3 Å². The van der Waals surface area contributed by atoms with E-state index in [0.29, 0.717) is 26.2 Å². The lowest BCUT2D eigenvalue weighted by Crippen LogP contribution is -2.39. The minimum absolute atomic E-state index is 0.0268. The summed E-state index contributed by atoms with van der Waals surface area (Å²) in [6.07, 6.45) is 1.66. The molecule has 1 aliphatic rings. The molecule has 0 amide bonds. The molecule has 2 aromatic carbocycles. The van der Waals surface area contributed by atoms with Gasteiger partial charge in [0.15, 0.2) is 4.80 Å². The van der Waals surface area contributed by atoms with Crippen molar-refractivity contribution in [2.75, 3.05) is 7.11 Å². The highest BCUT2D eigenvalue weighted by atomic mass is 32.1. The van der Waals surface area contributed by atoms with Crippen LogP contribution in [0.3, 0.4) is 0 Å². The average molecular weight is 435 g/mol. The quantitative estimate of drug-likeness (QED) is 0.355. The van der Waals surface area contributed by atoms with Crippen molar-refractivity contribution in [2.45, 2.75) is 13.0 Å². The van der Waals surface area contributed by atoms with Gasteiger partial charge >= 0.3 is 5.97 Å². The number of esters is 1. The largest absolute Gasteiger partial charge is 0.466 e. The van der Waals surface area contributed by atoms with Gasteiger partial charge in [0.2, 0.25) is 0 Å². The number of nitro benzene ring substituents is 1. The molecule has 1 aromatic heterocycles. The predicted octanol–water partition coefficient (Wildman–Crippen LogP) is 2.32. The van der Waals surface area contributed by atoms with E-state index < -0.39 is 16.9 Å². The van der Waals surface area contributed by atoms with Crippen LogP contribution in [0.4, 0.5) is 5.69 Å². The number of fused-ring (bicyclic) bond motifs is 1. The number of hydrogen-bond donors (Lipinski definition) is 0. The number of aromatic nitrogens is 1. The molecule has 0 N–H and O–H groups in total. The van der Waals surface area contributed by atoms with E-state index in [0.717, 1.165) is 5.56 Å². The van der Waals surface area contributed by atoms with E-state index >= 15 is 0 Å². The fraction of sp³-hybridized carbons (Fsp3) is 0.136. The molecule has 1 aliphatic heterocycles. The van der Waals surface area contributed by atoms with Gasteiger partial charge in [-0.2, -0.15) is 0 Å². The van der Waals surface area contributed by atoms with Crippen LogP contribution in [0.5, 0.6) is 0 Å². The Morgan fingerprint density at radius 3 is 2.48 bits per heavy atom. The Morgan fingerprint density at radius 2 is 1.87 bits per heavy atom. The molecular formula is C22H17N3O5S. The Balaban J connectivity index is 1.92. The Labute approximate surface area is 180 Å². The molecule has 0 unspecified atom stereocenters. The maximum atomic E-state index is 13.3. The number of carbonyl (C=O) groups excluding carboxylic acids is 1. The van der Waals surface area contributed by atoms with Crippen LogP contribution in [0.15, 0.2) is 75.7 Å². The number of hydrogen-bond acceptors (Lipinski definition) is 7. The summed E-state index contributed by atoms with van der Waals surface area (Å²) in [6, 6.07) is 14.5. The van der Waals surface area contributed by atoms with E-state index in [-0.39, 0.29) is 11.2 Å². The SMILES string of the molecule is COC(=O)C1=C(C)N=c2sc(=Cc3ccc([N+](=O)[O-])cc3)c(=O)n2[C@H]1c1ccccc1. The normalized spacial score (nSPS) is 15.9. The first kappa shape index (κ1) is 20.4. The van der Waals surface area contributed by atoms with Crippen molar-refractivity contribution >= 4 is 29.1 Å². The standard InChI is InChI=1S/C22H17N3O5S/c1-13-18(21(27)30-2)19(15-6-4-3-5-7-15)24-20(26)17(31-22(24)23-13)12-14-8-10-16(11-9-14)25(28)29/h3-12,19H,1-2H3/t19-/m0/s1. The summed E-state index contributed by atoms with van der Waals surface area (Å²) in [4.78, 5) is 41.2. The van der Waals surface area contributed by atoms with E-state index in [4.69, 9.17) is 4.74 Å². The van der Waals surface area contributed by atoms with Crippen molar-refractivity contribution < 1.29 is 14.5 Å². The predicted molar refractivity (Wildman–Crippen MR) is 115 cm³/mol. The van der Waals surface area contributed by atoms with Gasteiger partial charge in [-0.3, -0.25) is 19.5 Å². The zero-order valence-electron chi connectivity index (χ0n) is 16.6. The molecule has 0 spiro atoms. The van der Waals surface area contributed by atoms with Crippen LogP contribution in [0.25, 0.3) is 6.08 Å². The molecule has 156 valence electrons. The Kier molecular flexibility index (Phi) is 5.35. The molecule has 0 radical (unpaired) electrons. The first-order chi connectivity index (χ1) is 14.9. The number of allylic oxidation sites excluding steroid dienone is 1. The van der Waals surface area contributed by atoms with E-state index in [9.17, 15) is 19.7 Å². The zero-order chi connectivity index (χ0) is 22.1. The first-order valence-corrected chi connectivity index (χ1v) is 10.1. The van der Waals surface area contributed by atoms with E-state index in [1.54, 1.807) is 25.1 Å². The number of nitro groups is 1. The Morgan fingerprint density at radius 1 is 1.19 bits per heavy atom. The van der Waals surface area contributed by atoms with Crippen molar-refractivity contribution in [3.05, 3.63) is 107 Å². The molecule has 1 atom stereocenters. The molecule has 9 heteroatoms. The summed E-state index contributed by atoms with van der Waals surface area (Å²) in [5.41, 5.74) is 1.88. The summed E-state index contributed by atoms with van der Waals surface area (Å²) >= 11 is 1.20. The highest BCUT2D eigenvalue weighted by molar-refractivity contribution is 7.07.